The van der Waals surface area contributed by atoms with E-state index in [9.17, 15) is 9.59 Å². The quantitative estimate of drug-likeness (QED) is 0.494. The van der Waals surface area contributed by atoms with Gasteiger partial charge in [0.2, 0.25) is 0 Å². The number of aliphatic imine (C=N–C) groups is 1. The largest absolute Gasteiger partial charge is 0.443 e. The number of amides is 2. The highest BCUT2D eigenvalue weighted by Crippen LogP contribution is 2.21. The average molecular weight is 376 g/mol. The van der Waals surface area contributed by atoms with E-state index in [0.717, 1.165) is 11.1 Å². The molecule has 2 aromatic rings. The van der Waals surface area contributed by atoms with Crippen molar-refractivity contribution in [2.45, 2.75) is 19.1 Å². The molecule has 1 unspecified atom stereocenters. The molecule has 0 saturated heterocycles. The first-order valence-corrected chi connectivity index (χ1v) is 8.90. The van der Waals surface area contributed by atoms with Crippen LogP contribution < -0.4 is 0 Å². The van der Waals surface area contributed by atoms with Crippen LogP contribution in [-0.2, 0) is 16.1 Å². The van der Waals surface area contributed by atoms with Gasteiger partial charge in [-0.25, -0.2) is 4.79 Å². The minimum Gasteiger partial charge on any atom is -0.443 e. The van der Waals surface area contributed by atoms with Gasteiger partial charge in [0, 0.05) is 13.5 Å². The molecule has 0 aliphatic carbocycles. The highest BCUT2D eigenvalue weighted by molar-refractivity contribution is 6.40. The first-order chi connectivity index (χ1) is 13.6. The Balaban J connectivity index is 2.12. The highest BCUT2D eigenvalue weighted by Gasteiger charge is 2.23. The number of likely N-dealkylation sites (N-methyl/N-ethyl adjacent to an activating group) is 1. The molecular weight excluding hydrogens is 352 g/mol. The monoisotopic (exact) mass is 376 g/mol. The summed E-state index contributed by atoms with van der Waals surface area (Å²) in [4.78, 5) is 30.4. The van der Waals surface area contributed by atoms with E-state index < -0.39 is 6.09 Å². The first-order valence-electron chi connectivity index (χ1n) is 8.90. The summed E-state index contributed by atoms with van der Waals surface area (Å²) < 4.78 is 5.15. The van der Waals surface area contributed by atoms with Crippen LogP contribution in [0.2, 0.25) is 0 Å². The molecule has 0 spiro atoms. The lowest BCUT2D eigenvalue weighted by Crippen LogP contribution is -2.36. The van der Waals surface area contributed by atoms with Crippen molar-refractivity contribution in [3.8, 4) is 0 Å². The summed E-state index contributed by atoms with van der Waals surface area (Å²) in [6.45, 7) is 7.56. The van der Waals surface area contributed by atoms with Gasteiger partial charge in [0.15, 0.2) is 0 Å². The van der Waals surface area contributed by atoms with Crippen LogP contribution in [0.4, 0.5) is 4.79 Å². The molecule has 5 heteroatoms. The Morgan fingerprint density at radius 2 is 1.68 bits per heavy atom. The standard InChI is InChI=1S/C23H24N2O3/c1-4-12-20(24-23(27)28-17-18-13-8-6-9-14-18)22(26)25(3)21(5-2)19-15-10-7-11-16-19/h4-11,13-16,21H,1-2,12,17H2,3H3/b24-20+. The zero-order chi connectivity index (χ0) is 20.4. The predicted octanol–water partition coefficient (Wildman–Crippen LogP) is 4.73. The lowest BCUT2D eigenvalue weighted by atomic mass is 10.0. The van der Waals surface area contributed by atoms with Crippen LogP contribution in [0.5, 0.6) is 0 Å². The predicted molar refractivity (Wildman–Crippen MR) is 111 cm³/mol. The third kappa shape index (κ3) is 5.77. The summed E-state index contributed by atoms with van der Waals surface area (Å²) in [5.74, 6) is -0.384. The number of hydrogen-bond acceptors (Lipinski definition) is 3. The number of nitrogens with zero attached hydrogens (tertiary/aromatic N) is 2. The summed E-state index contributed by atoms with van der Waals surface area (Å²) in [5.41, 5.74) is 1.83. The van der Waals surface area contributed by atoms with Crippen LogP contribution in [0.25, 0.3) is 0 Å². The molecule has 2 rings (SSSR count). The van der Waals surface area contributed by atoms with E-state index in [1.165, 1.54) is 11.0 Å². The Kier molecular flexibility index (Phi) is 7.91. The third-order valence-corrected chi connectivity index (χ3v) is 4.12. The fourth-order valence-electron chi connectivity index (χ4n) is 2.68. The molecule has 0 fully saturated rings. The summed E-state index contributed by atoms with van der Waals surface area (Å²) in [6, 6.07) is 18.4. The van der Waals surface area contributed by atoms with E-state index in [4.69, 9.17) is 4.74 Å². The molecule has 0 aromatic heterocycles. The number of ether oxygens (including phenoxy) is 1. The van der Waals surface area contributed by atoms with Crippen LogP contribution in [0, 0.1) is 0 Å². The van der Waals surface area contributed by atoms with Crippen molar-refractivity contribution in [1.82, 2.24) is 4.90 Å². The molecule has 2 aromatic carbocycles. The summed E-state index contributed by atoms with van der Waals surface area (Å²) in [6.07, 6.45) is 2.55. The average Bonchev–Trinajstić information content (AvgIpc) is 2.73. The van der Waals surface area contributed by atoms with Gasteiger partial charge in [0.05, 0.1) is 6.04 Å². The molecular formula is C23H24N2O3. The maximum Gasteiger partial charge on any atom is 0.434 e. The lowest BCUT2D eigenvalue weighted by molar-refractivity contribution is -0.124. The Hall–Kier alpha value is -3.47. The number of benzene rings is 2. The van der Waals surface area contributed by atoms with Crippen molar-refractivity contribution in [3.63, 3.8) is 0 Å². The molecule has 0 radical (unpaired) electrons. The van der Waals surface area contributed by atoms with E-state index in [-0.39, 0.29) is 30.7 Å². The molecule has 0 bridgehead atoms. The van der Waals surface area contributed by atoms with Crippen molar-refractivity contribution < 1.29 is 14.3 Å². The van der Waals surface area contributed by atoms with Crippen LogP contribution in [0.3, 0.4) is 0 Å². The highest BCUT2D eigenvalue weighted by atomic mass is 16.5. The fraction of sp³-hybridized carbons (Fsp3) is 0.174. The number of carbonyl (C=O) groups excluding carboxylic acids is 2. The van der Waals surface area contributed by atoms with Gasteiger partial charge in [-0.3, -0.25) is 4.79 Å². The molecule has 0 heterocycles. The van der Waals surface area contributed by atoms with E-state index in [1.807, 2.05) is 60.7 Å². The molecule has 5 nitrogen and oxygen atoms in total. The van der Waals surface area contributed by atoms with Crippen molar-refractivity contribution in [2.24, 2.45) is 4.99 Å². The Morgan fingerprint density at radius 1 is 1.07 bits per heavy atom. The fourth-order valence-corrected chi connectivity index (χ4v) is 2.68. The van der Waals surface area contributed by atoms with Gasteiger partial charge in [-0.15, -0.1) is 13.2 Å². The number of allylic oxidation sites excluding steroid dienone is 1. The van der Waals surface area contributed by atoms with Crippen LogP contribution in [0.15, 0.2) is 91.0 Å². The maximum absolute atomic E-state index is 12.9. The Bertz CT molecular complexity index is 845. The van der Waals surface area contributed by atoms with Gasteiger partial charge in [0.1, 0.15) is 12.3 Å². The van der Waals surface area contributed by atoms with Crippen LogP contribution in [-0.4, -0.2) is 29.7 Å². The molecule has 0 aliphatic rings. The molecule has 28 heavy (non-hydrogen) atoms. The van der Waals surface area contributed by atoms with Gasteiger partial charge in [-0.2, -0.15) is 4.99 Å². The number of carbonyl (C=O) groups is 2. The number of rotatable bonds is 8. The topological polar surface area (TPSA) is 59.0 Å². The Morgan fingerprint density at radius 3 is 2.25 bits per heavy atom. The molecule has 0 aliphatic heterocycles. The van der Waals surface area contributed by atoms with Gasteiger partial charge >= 0.3 is 6.09 Å². The smallest absolute Gasteiger partial charge is 0.434 e. The van der Waals surface area contributed by atoms with Crippen molar-refractivity contribution in [2.75, 3.05) is 7.05 Å². The second-order valence-corrected chi connectivity index (χ2v) is 6.10. The minimum absolute atomic E-state index is 0.0679. The summed E-state index contributed by atoms with van der Waals surface area (Å²) in [5, 5.41) is 0. The van der Waals surface area contributed by atoms with Crippen molar-refractivity contribution in [3.05, 3.63) is 97.1 Å². The van der Waals surface area contributed by atoms with E-state index >= 15 is 0 Å². The van der Waals surface area contributed by atoms with Crippen LogP contribution >= 0.6 is 0 Å². The molecule has 144 valence electrons. The zero-order valence-electron chi connectivity index (χ0n) is 16.0. The van der Waals surface area contributed by atoms with Gasteiger partial charge < -0.3 is 9.64 Å². The minimum atomic E-state index is -0.808. The zero-order valence-corrected chi connectivity index (χ0v) is 16.0. The summed E-state index contributed by atoms with van der Waals surface area (Å²) >= 11 is 0. The first kappa shape index (κ1) is 20.8. The van der Waals surface area contributed by atoms with Gasteiger partial charge in [0.25, 0.3) is 5.91 Å². The van der Waals surface area contributed by atoms with E-state index in [2.05, 4.69) is 18.2 Å². The number of hydrogen-bond donors (Lipinski definition) is 0. The van der Waals surface area contributed by atoms with Gasteiger partial charge in [-0.05, 0) is 11.1 Å². The van der Waals surface area contributed by atoms with Crippen molar-refractivity contribution >= 4 is 17.7 Å². The molecule has 0 N–H and O–H groups in total. The van der Waals surface area contributed by atoms with E-state index in [0.29, 0.717) is 0 Å². The second-order valence-electron chi connectivity index (χ2n) is 6.10. The van der Waals surface area contributed by atoms with E-state index in [1.54, 1.807) is 13.1 Å². The van der Waals surface area contributed by atoms with Crippen LogP contribution in [0.1, 0.15) is 23.6 Å². The molecule has 0 saturated carbocycles. The second kappa shape index (κ2) is 10.6. The van der Waals surface area contributed by atoms with Crippen molar-refractivity contribution in [1.29, 1.82) is 0 Å². The van der Waals surface area contributed by atoms with Gasteiger partial charge in [-0.1, -0.05) is 72.8 Å². The summed E-state index contributed by atoms with van der Waals surface area (Å²) in [7, 11) is 1.65. The SMILES string of the molecule is C=CC/C(=N\C(=O)OCc1ccccc1)C(=O)N(C)C(C=C)c1ccccc1. The normalized spacial score (nSPS) is 12.0. The lowest BCUT2D eigenvalue weighted by Gasteiger charge is -2.26. The molecule has 2 amide bonds. The molecule has 1 atom stereocenters. The Labute approximate surface area is 165 Å². The maximum atomic E-state index is 12.9. The third-order valence-electron chi connectivity index (χ3n) is 4.12.